The maximum atomic E-state index is 13.7. The van der Waals surface area contributed by atoms with E-state index in [0.29, 0.717) is 29.3 Å². The number of carbonyl (C=O) groups excluding carboxylic acids is 2. The van der Waals surface area contributed by atoms with E-state index in [-0.39, 0.29) is 18.2 Å². The van der Waals surface area contributed by atoms with Gasteiger partial charge < -0.3 is 19.7 Å². The molecule has 1 fully saturated rings. The van der Waals surface area contributed by atoms with E-state index < -0.39 is 12.0 Å². The van der Waals surface area contributed by atoms with Crippen LogP contribution in [0.4, 0.5) is 11.4 Å². The quantitative estimate of drug-likeness (QED) is 0.406. The first-order chi connectivity index (χ1) is 18.1. The number of carbonyl (C=O) groups is 2. The minimum absolute atomic E-state index is 0.0534. The van der Waals surface area contributed by atoms with Gasteiger partial charge in [-0.15, -0.1) is 0 Å². The van der Waals surface area contributed by atoms with E-state index >= 15 is 0 Å². The standard InChI is InChI=1S/C28H27N5O4/c1-36-22-13-11-21(12-14-22)33-26(34)16-15-24(27(33)23-5-3-4-6-25(23)37-2)28(35)31-19-7-9-20(10-8-19)32-18-29-17-30-32/h3-14,17-18,24,27H,15-16H2,1-2H3,(H,31,35)/t24-,27+/m1/s1. The molecule has 5 rings (SSSR count). The SMILES string of the molecule is COc1ccc(N2C(=O)CC[C@@H](C(=O)Nc3ccc(-n4cncn4)cc3)[C@@H]2c2ccccc2OC)cc1. The van der Waals surface area contributed by atoms with Crippen LogP contribution < -0.4 is 19.7 Å². The van der Waals surface area contributed by atoms with Crippen molar-refractivity contribution in [3.8, 4) is 17.2 Å². The van der Waals surface area contributed by atoms with Crippen molar-refractivity contribution in [3.05, 3.63) is 91.0 Å². The molecule has 1 aromatic heterocycles. The summed E-state index contributed by atoms with van der Waals surface area (Å²) in [6, 6.07) is 21.6. The number of ether oxygens (including phenoxy) is 2. The molecule has 9 heteroatoms. The normalized spacial score (nSPS) is 17.4. The van der Waals surface area contributed by atoms with Crippen LogP contribution in [-0.2, 0) is 9.59 Å². The summed E-state index contributed by atoms with van der Waals surface area (Å²) in [5, 5.41) is 7.17. The molecular formula is C28H27N5O4. The van der Waals surface area contributed by atoms with Crippen LogP contribution in [0.25, 0.3) is 5.69 Å². The lowest BCUT2D eigenvalue weighted by Gasteiger charge is -2.41. The van der Waals surface area contributed by atoms with Crippen LogP contribution >= 0.6 is 0 Å². The molecular weight excluding hydrogens is 470 g/mol. The van der Waals surface area contributed by atoms with Crippen LogP contribution in [-0.4, -0.2) is 40.8 Å². The van der Waals surface area contributed by atoms with E-state index in [1.165, 1.54) is 6.33 Å². The molecule has 4 aromatic rings. The largest absolute Gasteiger partial charge is 0.497 e. The highest BCUT2D eigenvalue weighted by Crippen LogP contribution is 2.43. The van der Waals surface area contributed by atoms with Gasteiger partial charge in [-0.25, -0.2) is 9.67 Å². The van der Waals surface area contributed by atoms with Crippen molar-refractivity contribution in [1.82, 2.24) is 14.8 Å². The molecule has 9 nitrogen and oxygen atoms in total. The van der Waals surface area contributed by atoms with Gasteiger partial charge in [0.25, 0.3) is 0 Å². The van der Waals surface area contributed by atoms with Crippen LogP contribution in [0.1, 0.15) is 24.4 Å². The van der Waals surface area contributed by atoms with Crippen molar-refractivity contribution in [2.24, 2.45) is 5.92 Å². The van der Waals surface area contributed by atoms with Crippen LogP contribution in [0.3, 0.4) is 0 Å². The molecule has 2 atom stereocenters. The number of aromatic nitrogens is 3. The van der Waals surface area contributed by atoms with Crippen LogP contribution in [0, 0.1) is 5.92 Å². The second-order valence-corrected chi connectivity index (χ2v) is 8.67. The van der Waals surface area contributed by atoms with Gasteiger partial charge in [-0.3, -0.25) is 9.59 Å². The second kappa shape index (κ2) is 10.5. The van der Waals surface area contributed by atoms with E-state index in [1.807, 2.05) is 72.8 Å². The number of rotatable bonds is 7. The third-order valence-corrected chi connectivity index (χ3v) is 6.56. The number of hydrogen-bond acceptors (Lipinski definition) is 6. The van der Waals surface area contributed by atoms with Gasteiger partial charge in [0.05, 0.1) is 31.9 Å². The van der Waals surface area contributed by atoms with Crippen molar-refractivity contribution < 1.29 is 19.1 Å². The van der Waals surface area contributed by atoms with Gasteiger partial charge in [0.1, 0.15) is 24.2 Å². The number of nitrogens with one attached hydrogen (secondary N) is 1. The van der Waals surface area contributed by atoms with Crippen molar-refractivity contribution in [2.45, 2.75) is 18.9 Å². The molecule has 1 aliphatic heterocycles. The second-order valence-electron chi connectivity index (χ2n) is 8.67. The molecule has 1 saturated heterocycles. The van der Waals surface area contributed by atoms with Gasteiger partial charge in [0.15, 0.2) is 0 Å². The number of piperidine rings is 1. The molecule has 0 unspecified atom stereocenters. The summed E-state index contributed by atoms with van der Waals surface area (Å²) < 4.78 is 12.6. The highest BCUT2D eigenvalue weighted by molar-refractivity contribution is 6.00. The third kappa shape index (κ3) is 4.88. The zero-order valence-corrected chi connectivity index (χ0v) is 20.6. The minimum atomic E-state index is -0.555. The fourth-order valence-corrected chi connectivity index (χ4v) is 4.75. The number of amides is 2. The van der Waals surface area contributed by atoms with E-state index in [4.69, 9.17) is 9.47 Å². The maximum absolute atomic E-state index is 13.7. The highest BCUT2D eigenvalue weighted by atomic mass is 16.5. The monoisotopic (exact) mass is 497 g/mol. The third-order valence-electron chi connectivity index (χ3n) is 6.56. The van der Waals surface area contributed by atoms with Crippen molar-refractivity contribution in [3.63, 3.8) is 0 Å². The number of methoxy groups -OCH3 is 2. The van der Waals surface area contributed by atoms with Crippen LogP contribution in [0.5, 0.6) is 11.5 Å². The first-order valence-electron chi connectivity index (χ1n) is 11.9. The van der Waals surface area contributed by atoms with E-state index in [0.717, 1.165) is 11.3 Å². The zero-order valence-electron chi connectivity index (χ0n) is 20.6. The Hall–Kier alpha value is -4.66. The van der Waals surface area contributed by atoms with Crippen LogP contribution in [0.2, 0.25) is 0 Å². The number of benzene rings is 3. The average molecular weight is 498 g/mol. The van der Waals surface area contributed by atoms with E-state index in [9.17, 15) is 9.59 Å². The fraction of sp³-hybridized carbons (Fsp3) is 0.214. The molecule has 0 radical (unpaired) electrons. The van der Waals surface area contributed by atoms with Crippen molar-refractivity contribution in [1.29, 1.82) is 0 Å². The molecule has 0 spiro atoms. The lowest BCUT2D eigenvalue weighted by molar-refractivity contribution is -0.125. The summed E-state index contributed by atoms with van der Waals surface area (Å²) in [5.74, 6) is 0.574. The summed E-state index contributed by atoms with van der Waals surface area (Å²) >= 11 is 0. The van der Waals surface area contributed by atoms with E-state index in [2.05, 4.69) is 15.4 Å². The van der Waals surface area contributed by atoms with Gasteiger partial charge in [-0.1, -0.05) is 18.2 Å². The van der Waals surface area contributed by atoms with Gasteiger partial charge in [0, 0.05) is 23.4 Å². The Balaban J connectivity index is 1.49. The van der Waals surface area contributed by atoms with Crippen molar-refractivity contribution >= 4 is 23.2 Å². The van der Waals surface area contributed by atoms with Gasteiger partial charge >= 0.3 is 0 Å². The molecule has 0 aliphatic carbocycles. The zero-order chi connectivity index (χ0) is 25.8. The Morgan fingerprint density at radius 3 is 2.35 bits per heavy atom. The molecule has 2 amide bonds. The summed E-state index contributed by atoms with van der Waals surface area (Å²) in [6.45, 7) is 0. The lowest BCUT2D eigenvalue weighted by Crippen LogP contribution is -2.47. The smallest absolute Gasteiger partial charge is 0.229 e. The highest BCUT2D eigenvalue weighted by Gasteiger charge is 2.42. The van der Waals surface area contributed by atoms with Gasteiger partial charge in [-0.2, -0.15) is 5.10 Å². The molecule has 188 valence electrons. The molecule has 3 aromatic carbocycles. The molecule has 1 N–H and O–H groups in total. The fourth-order valence-electron chi connectivity index (χ4n) is 4.75. The topological polar surface area (TPSA) is 98.6 Å². The lowest BCUT2D eigenvalue weighted by atomic mass is 9.82. The molecule has 37 heavy (non-hydrogen) atoms. The minimum Gasteiger partial charge on any atom is -0.497 e. The van der Waals surface area contributed by atoms with Crippen molar-refractivity contribution in [2.75, 3.05) is 24.4 Å². The molecule has 2 heterocycles. The van der Waals surface area contributed by atoms with E-state index in [1.54, 1.807) is 30.1 Å². The van der Waals surface area contributed by atoms with Gasteiger partial charge in [0.2, 0.25) is 11.8 Å². The number of hydrogen-bond donors (Lipinski definition) is 1. The summed E-state index contributed by atoms with van der Waals surface area (Å²) in [7, 11) is 3.19. The summed E-state index contributed by atoms with van der Waals surface area (Å²) in [5.41, 5.74) is 2.95. The summed E-state index contributed by atoms with van der Waals surface area (Å²) in [4.78, 5) is 32.7. The Kier molecular flexibility index (Phi) is 6.85. The Labute approximate surface area is 214 Å². The average Bonchev–Trinajstić information content (AvgIpc) is 3.48. The first kappa shape index (κ1) is 24.1. The molecule has 1 aliphatic rings. The number of para-hydroxylation sites is 1. The first-order valence-corrected chi connectivity index (χ1v) is 11.9. The van der Waals surface area contributed by atoms with Crippen LogP contribution in [0.15, 0.2) is 85.5 Å². The number of anilines is 2. The predicted octanol–water partition coefficient (Wildman–Crippen LogP) is 4.41. The Morgan fingerprint density at radius 2 is 1.68 bits per heavy atom. The molecule has 0 bridgehead atoms. The predicted molar refractivity (Wildman–Crippen MR) is 139 cm³/mol. The summed E-state index contributed by atoms with van der Waals surface area (Å²) in [6.07, 6.45) is 3.74. The Bertz CT molecular complexity index is 1370. The van der Waals surface area contributed by atoms with Gasteiger partial charge in [-0.05, 0) is 61.0 Å². The Morgan fingerprint density at radius 1 is 0.946 bits per heavy atom. The molecule has 0 saturated carbocycles. The maximum Gasteiger partial charge on any atom is 0.229 e. The number of nitrogens with zero attached hydrogens (tertiary/aromatic N) is 4.